The molecule has 0 fully saturated rings. The summed E-state index contributed by atoms with van der Waals surface area (Å²) in [5, 5.41) is 0.941. The van der Waals surface area contributed by atoms with E-state index in [0.717, 1.165) is 10.6 Å². The summed E-state index contributed by atoms with van der Waals surface area (Å²) >= 11 is 1.65. The Morgan fingerprint density at radius 2 is 2.12 bits per heavy atom. The summed E-state index contributed by atoms with van der Waals surface area (Å²) in [7, 11) is 0. The van der Waals surface area contributed by atoms with Crippen LogP contribution in [-0.4, -0.2) is 9.97 Å². The zero-order chi connectivity index (χ0) is 12.3. The quantitative estimate of drug-likeness (QED) is 0.845. The van der Waals surface area contributed by atoms with Gasteiger partial charge in [0.1, 0.15) is 11.4 Å². The zero-order valence-electron chi connectivity index (χ0n) is 9.97. The van der Waals surface area contributed by atoms with E-state index in [1.54, 1.807) is 24.3 Å². The van der Waals surface area contributed by atoms with Gasteiger partial charge < -0.3 is 5.73 Å². The smallest absolute Gasteiger partial charge is 0.116 e. The van der Waals surface area contributed by atoms with Gasteiger partial charge in [-0.05, 0) is 31.0 Å². The maximum Gasteiger partial charge on any atom is 0.116 e. The van der Waals surface area contributed by atoms with Crippen molar-refractivity contribution in [3.8, 4) is 0 Å². The fraction of sp³-hybridized carbons (Fsp3) is 0.231. The van der Waals surface area contributed by atoms with Gasteiger partial charge in [0.15, 0.2) is 0 Å². The molecule has 0 unspecified atom stereocenters. The van der Waals surface area contributed by atoms with Gasteiger partial charge in [-0.25, -0.2) is 9.97 Å². The Balaban J connectivity index is 2.34. The molecule has 0 atom stereocenters. The second kappa shape index (κ2) is 5.29. The number of aryl methyl sites for hydroxylation is 2. The van der Waals surface area contributed by atoms with E-state index in [1.807, 2.05) is 0 Å². The molecule has 0 aliphatic carbocycles. The Morgan fingerprint density at radius 3 is 2.88 bits per heavy atom. The van der Waals surface area contributed by atoms with Crippen molar-refractivity contribution in [3.63, 3.8) is 0 Å². The summed E-state index contributed by atoms with van der Waals surface area (Å²) in [6, 6.07) is 6.41. The number of nitrogens with two attached hydrogens (primary N) is 1. The number of hydrogen-bond donors (Lipinski definition) is 1. The van der Waals surface area contributed by atoms with Crippen molar-refractivity contribution in [3.05, 3.63) is 47.4 Å². The minimum Gasteiger partial charge on any atom is -0.326 e. The van der Waals surface area contributed by atoms with Crippen LogP contribution in [0.4, 0.5) is 0 Å². The molecule has 0 amide bonds. The Kier molecular flexibility index (Phi) is 3.76. The lowest BCUT2D eigenvalue weighted by Gasteiger charge is -2.08. The first-order valence-corrected chi connectivity index (χ1v) is 6.26. The summed E-state index contributed by atoms with van der Waals surface area (Å²) in [5.74, 6) is 0. The molecule has 0 saturated carbocycles. The lowest BCUT2D eigenvalue weighted by atomic mass is 10.2. The lowest BCUT2D eigenvalue weighted by molar-refractivity contribution is 0.921. The maximum absolute atomic E-state index is 5.68. The predicted molar refractivity (Wildman–Crippen MR) is 70.0 cm³/mol. The summed E-state index contributed by atoms with van der Waals surface area (Å²) in [5.41, 5.74) is 9.17. The molecule has 0 radical (unpaired) electrons. The molecule has 3 nitrogen and oxygen atoms in total. The molecular formula is C13H15N3S. The summed E-state index contributed by atoms with van der Waals surface area (Å²) < 4.78 is 0. The van der Waals surface area contributed by atoms with E-state index in [9.17, 15) is 0 Å². The van der Waals surface area contributed by atoms with Crippen LogP contribution in [-0.2, 0) is 6.54 Å². The molecule has 1 aromatic carbocycles. The lowest BCUT2D eigenvalue weighted by Crippen LogP contribution is -2.00. The van der Waals surface area contributed by atoms with Gasteiger partial charge in [0, 0.05) is 23.2 Å². The first-order valence-electron chi connectivity index (χ1n) is 5.44. The van der Waals surface area contributed by atoms with Gasteiger partial charge in [0.25, 0.3) is 0 Å². The van der Waals surface area contributed by atoms with Gasteiger partial charge >= 0.3 is 0 Å². The highest BCUT2D eigenvalue weighted by atomic mass is 32.2. The van der Waals surface area contributed by atoms with Crippen LogP contribution in [0.5, 0.6) is 0 Å². The van der Waals surface area contributed by atoms with Gasteiger partial charge in [-0.2, -0.15) is 0 Å². The largest absolute Gasteiger partial charge is 0.326 e. The van der Waals surface area contributed by atoms with Crippen molar-refractivity contribution in [1.82, 2.24) is 9.97 Å². The molecule has 17 heavy (non-hydrogen) atoms. The molecule has 2 rings (SSSR count). The molecule has 1 aromatic heterocycles. The average molecular weight is 245 g/mol. The Hall–Kier alpha value is -1.39. The third-order valence-electron chi connectivity index (χ3n) is 2.52. The molecule has 88 valence electrons. The van der Waals surface area contributed by atoms with Crippen molar-refractivity contribution in [2.24, 2.45) is 5.73 Å². The molecule has 0 bridgehead atoms. The minimum absolute atomic E-state index is 0.466. The number of hydrogen-bond acceptors (Lipinski definition) is 4. The highest BCUT2D eigenvalue weighted by Crippen LogP contribution is 2.31. The highest BCUT2D eigenvalue weighted by molar-refractivity contribution is 7.99. The summed E-state index contributed by atoms with van der Waals surface area (Å²) in [6.07, 6.45) is 3.34. The zero-order valence-corrected chi connectivity index (χ0v) is 10.8. The number of rotatable bonds is 3. The number of nitrogens with zero attached hydrogens (tertiary/aromatic N) is 2. The normalized spacial score (nSPS) is 10.5. The van der Waals surface area contributed by atoms with E-state index < -0.39 is 0 Å². The molecule has 0 aliphatic heterocycles. The molecule has 2 aromatic rings. The highest BCUT2D eigenvalue weighted by Gasteiger charge is 2.07. The molecular weight excluding hydrogens is 230 g/mol. The van der Waals surface area contributed by atoms with Gasteiger partial charge in [-0.3, -0.25) is 0 Å². The van der Waals surface area contributed by atoms with E-state index >= 15 is 0 Å². The van der Waals surface area contributed by atoms with Gasteiger partial charge in [0.05, 0.1) is 0 Å². The second-order valence-electron chi connectivity index (χ2n) is 3.93. The van der Waals surface area contributed by atoms with Crippen LogP contribution in [0.3, 0.4) is 0 Å². The first-order chi connectivity index (χ1) is 8.20. The van der Waals surface area contributed by atoms with E-state index in [4.69, 9.17) is 5.73 Å². The fourth-order valence-corrected chi connectivity index (χ4v) is 2.55. The average Bonchev–Trinajstić information content (AvgIpc) is 2.34. The molecule has 4 heteroatoms. The second-order valence-corrected chi connectivity index (χ2v) is 4.96. The van der Waals surface area contributed by atoms with Gasteiger partial charge in [0.2, 0.25) is 0 Å². The van der Waals surface area contributed by atoms with Gasteiger partial charge in [-0.1, -0.05) is 23.9 Å². The van der Waals surface area contributed by atoms with Crippen LogP contribution in [0.15, 0.2) is 40.6 Å². The van der Waals surface area contributed by atoms with Crippen molar-refractivity contribution in [2.75, 3.05) is 0 Å². The van der Waals surface area contributed by atoms with Crippen LogP contribution >= 0.6 is 11.8 Å². The molecule has 2 N–H and O–H groups in total. The Labute approximate surface area is 105 Å². The van der Waals surface area contributed by atoms with Crippen LogP contribution in [0, 0.1) is 13.8 Å². The van der Waals surface area contributed by atoms with E-state index in [0.29, 0.717) is 6.54 Å². The van der Waals surface area contributed by atoms with Crippen LogP contribution < -0.4 is 5.73 Å². The third kappa shape index (κ3) is 2.84. The molecule has 0 spiro atoms. The van der Waals surface area contributed by atoms with Crippen LogP contribution in [0.1, 0.15) is 16.7 Å². The third-order valence-corrected chi connectivity index (χ3v) is 3.74. The number of aromatic nitrogens is 2. The Bertz CT molecular complexity index is 526. The van der Waals surface area contributed by atoms with Crippen molar-refractivity contribution in [2.45, 2.75) is 30.3 Å². The van der Waals surface area contributed by atoms with E-state index in [2.05, 4.69) is 42.0 Å². The van der Waals surface area contributed by atoms with Crippen LogP contribution in [0.2, 0.25) is 0 Å². The monoisotopic (exact) mass is 245 g/mol. The fourth-order valence-electron chi connectivity index (χ4n) is 1.50. The van der Waals surface area contributed by atoms with Crippen molar-refractivity contribution < 1.29 is 0 Å². The predicted octanol–water partition coefficient (Wildman–Crippen LogP) is 2.70. The standard InChI is InChI=1S/C13H15N3S/c1-9-3-4-10(2)12(5-9)17-13-11(6-14)7-15-8-16-13/h3-5,7-8H,6,14H2,1-2H3. The molecule has 0 saturated heterocycles. The van der Waals surface area contributed by atoms with Crippen molar-refractivity contribution in [1.29, 1.82) is 0 Å². The number of benzene rings is 1. The van der Waals surface area contributed by atoms with Gasteiger partial charge in [-0.15, -0.1) is 0 Å². The topological polar surface area (TPSA) is 51.8 Å². The SMILES string of the molecule is Cc1ccc(C)c(Sc2ncncc2CN)c1. The van der Waals surface area contributed by atoms with E-state index in [-0.39, 0.29) is 0 Å². The first kappa shape index (κ1) is 12.1. The van der Waals surface area contributed by atoms with E-state index in [1.165, 1.54) is 16.0 Å². The molecule has 0 aliphatic rings. The summed E-state index contributed by atoms with van der Waals surface area (Å²) in [4.78, 5) is 9.50. The van der Waals surface area contributed by atoms with Crippen molar-refractivity contribution >= 4 is 11.8 Å². The Morgan fingerprint density at radius 1 is 1.29 bits per heavy atom. The maximum atomic E-state index is 5.68. The summed E-state index contributed by atoms with van der Waals surface area (Å²) in [6.45, 7) is 4.66. The van der Waals surface area contributed by atoms with Crippen LogP contribution in [0.25, 0.3) is 0 Å². The minimum atomic E-state index is 0.466. The molecule has 1 heterocycles.